The molecule has 0 saturated carbocycles. The summed E-state index contributed by atoms with van der Waals surface area (Å²) >= 11 is 0. The van der Waals surface area contributed by atoms with E-state index in [0.717, 1.165) is 5.69 Å². The van der Waals surface area contributed by atoms with Gasteiger partial charge in [0.05, 0.1) is 0 Å². The SMILES string of the molecule is Cn1cccc(C(=O)Nc2ccc(Nc3ccc(-n4cccn4)nn3)cc2)c1=O. The molecule has 0 bridgehead atoms. The second-order valence-electron chi connectivity index (χ2n) is 6.22. The number of rotatable bonds is 5. The number of pyridine rings is 1. The van der Waals surface area contributed by atoms with Gasteiger partial charge in [0.15, 0.2) is 11.6 Å². The van der Waals surface area contributed by atoms with Crippen molar-refractivity contribution >= 4 is 23.1 Å². The van der Waals surface area contributed by atoms with Crippen LogP contribution in [-0.2, 0) is 7.05 Å². The smallest absolute Gasteiger partial charge is 0.263 e. The summed E-state index contributed by atoms with van der Waals surface area (Å²) < 4.78 is 2.98. The van der Waals surface area contributed by atoms with Crippen LogP contribution in [0.5, 0.6) is 0 Å². The van der Waals surface area contributed by atoms with Gasteiger partial charge in [-0.1, -0.05) is 0 Å². The second kappa shape index (κ2) is 7.77. The predicted molar refractivity (Wildman–Crippen MR) is 109 cm³/mol. The zero-order valence-corrected chi connectivity index (χ0v) is 15.5. The van der Waals surface area contributed by atoms with Crippen molar-refractivity contribution in [3.8, 4) is 5.82 Å². The molecule has 0 fully saturated rings. The lowest BCUT2D eigenvalue weighted by Gasteiger charge is -2.08. The van der Waals surface area contributed by atoms with E-state index >= 15 is 0 Å². The standard InChI is InChI=1S/C20H17N7O2/c1-26-12-2-4-16(20(26)29)19(28)23-15-7-5-14(6-8-15)22-17-9-10-18(25-24-17)27-13-3-11-21-27/h2-13H,1H3,(H,22,24)(H,23,28). The zero-order chi connectivity index (χ0) is 20.2. The number of amides is 1. The van der Waals surface area contributed by atoms with Gasteiger partial charge < -0.3 is 15.2 Å². The minimum atomic E-state index is -0.452. The van der Waals surface area contributed by atoms with Crippen LogP contribution in [0.15, 0.2) is 78.0 Å². The molecule has 0 radical (unpaired) electrons. The van der Waals surface area contributed by atoms with E-state index in [0.29, 0.717) is 17.3 Å². The van der Waals surface area contributed by atoms with Crippen LogP contribution in [0.2, 0.25) is 0 Å². The Morgan fingerprint density at radius 3 is 2.41 bits per heavy atom. The van der Waals surface area contributed by atoms with Gasteiger partial charge in [0.1, 0.15) is 5.56 Å². The van der Waals surface area contributed by atoms with Crippen LogP contribution in [-0.4, -0.2) is 30.5 Å². The quantitative estimate of drug-likeness (QED) is 0.544. The molecule has 0 spiro atoms. The van der Waals surface area contributed by atoms with Crippen molar-refractivity contribution in [2.24, 2.45) is 7.05 Å². The fourth-order valence-electron chi connectivity index (χ4n) is 2.67. The minimum Gasteiger partial charge on any atom is -0.339 e. The van der Waals surface area contributed by atoms with Gasteiger partial charge in [-0.05, 0) is 54.6 Å². The number of benzene rings is 1. The molecule has 0 aliphatic rings. The third-order valence-electron chi connectivity index (χ3n) is 4.17. The molecule has 4 rings (SSSR count). The van der Waals surface area contributed by atoms with Crippen molar-refractivity contribution in [1.82, 2.24) is 24.5 Å². The number of carbonyl (C=O) groups excluding carboxylic acids is 1. The predicted octanol–water partition coefficient (Wildman–Crippen LogP) is 2.36. The van der Waals surface area contributed by atoms with Crippen LogP contribution in [0.3, 0.4) is 0 Å². The molecule has 0 aliphatic heterocycles. The van der Waals surface area contributed by atoms with Crippen molar-refractivity contribution in [1.29, 1.82) is 0 Å². The number of carbonyl (C=O) groups is 1. The molecule has 0 aliphatic carbocycles. The number of aromatic nitrogens is 5. The van der Waals surface area contributed by atoms with Gasteiger partial charge in [0.25, 0.3) is 11.5 Å². The number of aryl methyl sites for hydroxylation is 1. The molecule has 3 aromatic heterocycles. The van der Waals surface area contributed by atoms with E-state index in [-0.39, 0.29) is 11.1 Å². The number of hydrogen-bond acceptors (Lipinski definition) is 6. The van der Waals surface area contributed by atoms with Gasteiger partial charge in [-0.15, -0.1) is 10.2 Å². The van der Waals surface area contributed by atoms with Crippen LogP contribution in [0.25, 0.3) is 5.82 Å². The van der Waals surface area contributed by atoms with Gasteiger partial charge >= 0.3 is 0 Å². The highest BCUT2D eigenvalue weighted by molar-refractivity contribution is 6.04. The van der Waals surface area contributed by atoms with Gasteiger partial charge in [0.2, 0.25) is 0 Å². The Balaban J connectivity index is 1.42. The maximum atomic E-state index is 12.3. The Morgan fingerprint density at radius 2 is 1.72 bits per heavy atom. The largest absolute Gasteiger partial charge is 0.339 e. The highest BCUT2D eigenvalue weighted by Crippen LogP contribution is 2.18. The van der Waals surface area contributed by atoms with Crippen molar-refractivity contribution in [2.45, 2.75) is 0 Å². The van der Waals surface area contributed by atoms with Crippen molar-refractivity contribution in [3.63, 3.8) is 0 Å². The lowest BCUT2D eigenvalue weighted by molar-refractivity contribution is 0.102. The minimum absolute atomic E-state index is 0.0877. The Hall–Kier alpha value is -4.27. The summed E-state index contributed by atoms with van der Waals surface area (Å²) in [5, 5.41) is 18.2. The van der Waals surface area contributed by atoms with Crippen molar-refractivity contribution < 1.29 is 4.79 Å². The summed E-state index contributed by atoms with van der Waals surface area (Å²) in [5.74, 6) is 0.739. The molecule has 1 amide bonds. The molecule has 29 heavy (non-hydrogen) atoms. The van der Waals surface area contributed by atoms with Crippen LogP contribution >= 0.6 is 0 Å². The molecular formula is C20H17N7O2. The molecular weight excluding hydrogens is 370 g/mol. The Bertz CT molecular complexity index is 1180. The molecule has 0 atom stereocenters. The van der Waals surface area contributed by atoms with Crippen LogP contribution in [0.4, 0.5) is 17.2 Å². The number of nitrogens with one attached hydrogen (secondary N) is 2. The average molecular weight is 387 g/mol. The molecule has 0 unspecified atom stereocenters. The number of nitrogens with zero attached hydrogens (tertiary/aromatic N) is 5. The van der Waals surface area contributed by atoms with Crippen molar-refractivity contribution in [2.75, 3.05) is 10.6 Å². The Morgan fingerprint density at radius 1 is 0.931 bits per heavy atom. The maximum absolute atomic E-state index is 12.3. The summed E-state index contributed by atoms with van der Waals surface area (Å²) in [6.07, 6.45) is 5.06. The highest BCUT2D eigenvalue weighted by Gasteiger charge is 2.11. The normalized spacial score (nSPS) is 10.5. The lowest BCUT2D eigenvalue weighted by atomic mass is 10.2. The van der Waals surface area contributed by atoms with E-state index in [1.54, 1.807) is 72.8 Å². The third kappa shape index (κ3) is 4.03. The van der Waals surface area contributed by atoms with Gasteiger partial charge in [-0.3, -0.25) is 9.59 Å². The molecule has 9 nitrogen and oxygen atoms in total. The molecule has 2 N–H and O–H groups in total. The highest BCUT2D eigenvalue weighted by atomic mass is 16.2. The van der Waals surface area contributed by atoms with E-state index in [4.69, 9.17) is 0 Å². The van der Waals surface area contributed by atoms with E-state index < -0.39 is 5.91 Å². The van der Waals surface area contributed by atoms with Crippen molar-refractivity contribution in [3.05, 3.63) is 89.1 Å². The molecule has 3 heterocycles. The summed E-state index contributed by atoms with van der Waals surface area (Å²) in [4.78, 5) is 24.4. The average Bonchev–Trinajstić information content (AvgIpc) is 3.27. The first kappa shape index (κ1) is 18.1. The maximum Gasteiger partial charge on any atom is 0.263 e. The zero-order valence-electron chi connectivity index (χ0n) is 15.5. The van der Waals surface area contributed by atoms with Gasteiger partial charge in [-0.2, -0.15) is 5.10 Å². The fourth-order valence-corrected chi connectivity index (χ4v) is 2.67. The Labute approximate surface area is 165 Å². The summed E-state index contributed by atoms with van der Waals surface area (Å²) in [7, 11) is 1.60. The molecule has 0 saturated heterocycles. The van der Waals surface area contributed by atoms with E-state index in [2.05, 4.69) is 25.9 Å². The third-order valence-corrected chi connectivity index (χ3v) is 4.17. The molecule has 9 heteroatoms. The number of anilines is 3. The second-order valence-corrected chi connectivity index (χ2v) is 6.22. The molecule has 144 valence electrons. The summed E-state index contributed by atoms with van der Waals surface area (Å²) in [5.41, 5.74) is 1.09. The monoisotopic (exact) mass is 387 g/mol. The molecule has 1 aromatic carbocycles. The Kier molecular flexibility index (Phi) is 4.85. The lowest BCUT2D eigenvalue weighted by Crippen LogP contribution is -2.26. The van der Waals surface area contributed by atoms with E-state index in [1.165, 1.54) is 10.6 Å². The van der Waals surface area contributed by atoms with Gasteiger partial charge in [-0.25, -0.2) is 4.68 Å². The summed E-state index contributed by atoms with van der Waals surface area (Å²) in [6.45, 7) is 0. The summed E-state index contributed by atoms with van der Waals surface area (Å²) in [6, 6.07) is 15.6. The van der Waals surface area contributed by atoms with E-state index in [1.807, 2.05) is 6.07 Å². The number of hydrogen-bond donors (Lipinski definition) is 2. The first-order valence-corrected chi connectivity index (χ1v) is 8.78. The topological polar surface area (TPSA) is 107 Å². The first-order valence-electron chi connectivity index (χ1n) is 8.78. The fraction of sp³-hybridized carbons (Fsp3) is 0.0500. The van der Waals surface area contributed by atoms with Crippen LogP contribution in [0.1, 0.15) is 10.4 Å². The van der Waals surface area contributed by atoms with Crippen LogP contribution in [0, 0.1) is 0 Å². The van der Waals surface area contributed by atoms with Gasteiger partial charge in [0, 0.05) is 37.0 Å². The van der Waals surface area contributed by atoms with E-state index in [9.17, 15) is 9.59 Å². The van der Waals surface area contributed by atoms with Crippen LogP contribution < -0.4 is 16.2 Å². The first-order chi connectivity index (χ1) is 14.1. The molecule has 4 aromatic rings.